The number of halogens is 1. The van der Waals surface area contributed by atoms with Crippen LogP contribution in [0.15, 0.2) is 30.5 Å². The van der Waals surface area contributed by atoms with Crippen molar-refractivity contribution >= 4 is 34.1 Å². The molecule has 0 bridgehead atoms. The molecular formula is C20H19ClN6OS. The van der Waals surface area contributed by atoms with Crippen molar-refractivity contribution in [3.8, 4) is 22.0 Å². The lowest BCUT2D eigenvalue weighted by Crippen LogP contribution is -2.35. The summed E-state index contributed by atoms with van der Waals surface area (Å²) in [5, 5.41) is 4.13. The molecule has 7 nitrogen and oxygen atoms in total. The first-order chi connectivity index (χ1) is 14.1. The van der Waals surface area contributed by atoms with Crippen LogP contribution in [-0.4, -0.2) is 45.0 Å². The first-order valence-corrected chi connectivity index (χ1v) is 10.7. The number of anilines is 1. The number of hydrogen-bond donors (Lipinski definition) is 2. The molecule has 2 aromatic heterocycles. The third-order valence-corrected chi connectivity index (χ3v) is 6.60. The van der Waals surface area contributed by atoms with Crippen LogP contribution in [0.4, 0.5) is 9.93 Å². The summed E-state index contributed by atoms with van der Waals surface area (Å²) in [6.45, 7) is 1.25. The summed E-state index contributed by atoms with van der Waals surface area (Å²) in [4.78, 5) is 29.1. The third kappa shape index (κ3) is 3.48. The van der Waals surface area contributed by atoms with Crippen molar-refractivity contribution in [3.63, 3.8) is 0 Å². The van der Waals surface area contributed by atoms with Crippen LogP contribution in [0.2, 0.25) is 5.02 Å². The summed E-state index contributed by atoms with van der Waals surface area (Å²) in [5.41, 5.74) is 9.62. The van der Waals surface area contributed by atoms with E-state index in [1.54, 1.807) is 4.90 Å². The van der Waals surface area contributed by atoms with Gasteiger partial charge < -0.3 is 10.6 Å². The van der Waals surface area contributed by atoms with Gasteiger partial charge in [0.2, 0.25) is 0 Å². The van der Waals surface area contributed by atoms with E-state index in [1.165, 1.54) is 11.3 Å². The number of benzene rings is 1. The second kappa shape index (κ2) is 7.37. The highest BCUT2D eigenvalue weighted by Crippen LogP contribution is 2.39. The molecule has 1 saturated heterocycles. The highest BCUT2D eigenvalue weighted by atomic mass is 35.5. The van der Waals surface area contributed by atoms with Crippen molar-refractivity contribution in [2.45, 2.75) is 25.3 Å². The molecule has 2 aliphatic rings. The molecule has 0 saturated carbocycles. The Balaban J connectivity index is 1.45. The number of urea groups is 1. The van der Waals surface area contributed by atoms with Crippen molar-refractivity contribution < 1.29 is 4.79 Å². The fourth-order valence-corrected chi connectivity index (χ4v) is 4.96. The largest absolute Gasteiger partial charge is 0.326 e. The van der Waals surface area contributed by atoms with Gasteiger partial charge >= 0.3 is 6.03 Å². The predicted octanol–water partition coefficient (Wildman–Crippen LogP) is 3.58. The summed E-state index contributed by atoms with van der Waals surface area (Å²) in [5.74, 6) is 0.590. The number of carbonyl (C=O) groups is 1. The van der Waals surface area contributed by atoms with Gasteiger partial charge in [-0.15, -0.1) is 0 Å². The number of likely N-dealkylation sites (tertiary alicyclic amines) is 1. The molecule has 1 atom stereocenters. The molecule has 1 fully saturated rings. The van der Waals surface area contributed by atoms with Crippen molar-refractivity contribution in [2.24, 2.45) is 5.73 Å². The summed E-state index contributed by atoms with van der Waals surface area (Å²) in [6, 6.07) is 7.44. The monoisotopic (exact) mass is 426 g/mol. The Bertz CT molecular complexity index is 1100. The van der Waals surface area contributed by atoms with E-state index in [2.05, 4.69) is 15.3 Å². The number of nitrogens with one attached hydrogen (secondary N) is 1. The zero-order valence-electron chi connectivity index (χ0n) is 15.6. The fourth-order valence-electron chi connectivity index (χ4n) is 3.71. The van der Waals surface area contributed by atoms with Crippen LogP contribution in [0.3, 0.4) is 0 Å². The molecule has 0 spiro atoms. The lowest BCUT2D eigenvalue weighted by Gasteiger charge is -2.15. The molecule has 3 N–H and O–H groups in total. The van der Waals surface area contributed by atoms with Gasteiger partial charge in [-0.1, -0.05) is 35.1 Å². The maximum Gasteiger partial charge on any atom is 0.323 e. The Hall–Kier alpha value is -2.55. The summed E-state index contributed by atoms with van der Waals surface area (Å²) < 4.78 is 0. The molecular weight excluding hydrogens is 408 g/mol. The first kappa shape index (κ1) is 18.5. The molecule has 3 aromatic rings. The van der Waals surface area contributed by atoms with Gasteiger partial charge in [0.15, 0.2) is 11.0 Å². The summed E-state index contributed by atoms with van der Waals surface area (Å²) >= 11 is 7.78. The Morgan fingerprint density at radius 2 is 2.14 bits per heavy atom. The van der Waals surface area contributed by atoms with E-state index >= 15 is 0 Å². The fraction of sp³-hybridized carbons (Fsp3) is 0.300. The summed E-state index contributed by atoms with van der Waals surface area (Å²) in [7, 11) is 0. The number of aromatic nitrogens is 3. The van der Waals surface area contributed by atoms with Crippen LogP contribution in [0.25, 0.3) is 22.0 Å². The molecule has 5 rings (SSSR count). The topological polar surface area (TPSA) is 97.0 Å². The Kier molecular flexibility index (Phi) is 4.69. The zero-order valence-corrected chi connectivity index (χ0v) is 17.1. The second-order valence-electron chi connectivity index (χ2n) is 7.27. The highest BCUT2D eigenvalue weighted by molar-refractivity contribution is 7.19. The minimum Gasteiger partial charge on any atom is -0.326 e. The standard InChI is InChI=1S/C20H19ClN6OS/c21-14-4-2-1-3-13(14)18-23-9-11-5-6-15-17(16(11)25-18)29-19(24-15)26-20(28)27-8-7-12(22)10-27/h1-4,9,12H,5-8,10,22H2,(H,24,26,28)/t12-/m0/s1. The number of rotatable bonds is 2. The lowest BCUT2D eigenvalue weighted by atomic mass is 9.99. The van der Waals surface area contributed by atoms with Gasteiger partial charge in [-0.2, -0.15) is 0 Å². The predicted molar refractivity (Wildman–Crippen MR) is 114 cm³/mol. The van der Waals surface area contributed by atoms with E-state index < -0.39 is 0 Å². The minimum absolute atomic E-state index is 0.0528. The smallest absolute Gasteiger partial charge is 0.323 e. The minimum atomic E-state index is -0.149. The number of amides is 2. The molecule has 148 valence electrons. The van der Waals surface area contributed by atoms with Gasteiger partial charge in [0.1, 0.15) is 0 Å². The normalized spacial score (nSPS) is 17.7. The summed E-state index contributed by atoms with van der Waals surface area (Å²) in [6.07, 6.45) is 4.33. The quantitative estimate of drug-likeness (QED) is 0.652. The molecule has 0 unspecified atom stereocenters. The molecule has 2 amide bonds. The van der Waals surface area contributed by atoms with E-state index in [-0.39, 0.29) is 12.1 Å². The molecule has 1 aliphatic carbocycles. The number of nitrogens with two attached hydrogens (primary N) is 1. The highest BCUT2D eigenvalue weighted by Gasteiger charge is 2.27. The van der Waals surface area contributed by atoms with Crippen molar-refractivity contribution in [2.75, 3.05) is 18.4 Å². The number of hydrogen-bond acceptors (Lipinski definition) is 6. The number of thiazole rings is 1. The van der Waals surface area contributed by atoms with E-state index in [0.717, 1.165) is 46.7 Å². The molecule has 29 heavy (non-hydrogen) atoms. The van der Waals surface area contributed by atoms with Gasteiger partial charge in [-0.05, 0) is 37.0 Å². The first-order valence-electron chi connectivity index (χ1n) is 9.51. The van der Waals surface area contributed by atoms with Gasteiger partial charge in [-0.3, -0.25) is 5.32 Å². The average Bonchev–Trinajstić information content (AvgIpc) is 3.34. The molecule has 0 radical (unpaired) electrons. The molecule has 9 heteroatoms. The number of aryl methyl sites for hydroxylation is 2. The second-order valence-corrected chi connectivity index (χ2v) is 8.67. The van der Waals surface area contributed by atoms with Crippen LogP contribution in [-0.2, 0) is 12.8 Å². The van der Waals surface area contributed by atoms with E-state index in [1.807, 2.05) is 30.5 Å². The van der Waals surface area contributed by atoms with Crippen LogP contribution >= 0.6 is 22.9 Å². The van der Waals surface area contributed by atoms with Crippen LogP contribution < -0.4 is 11.1 Å². The number of carbonyl (C=O) groups excluding carboxylic acids is 1. The Morgan fingerprint density at radius 1 is 1.28 bits per heavy atom. The van der Waals surface area contributed by atoms with Crippen LogP contribution in [0.1, 0.15) is 17.7 Å². The van der Waals surface area contributed by atoms with E-state index in [9.17, 15) is 4.79 Å². The van der Waals surface area contributed by atoms with Crippen LogP contribution in [0.5, 0.6) is 0 Å². The van der Waals surface area contributed by atoms with Crippen molar-refractivity contribution in [3.05, 3.63) is 46.7 Å². The van der Waals surface area contributed by atoms with E-state index in [4.69, 9.17) is 22.3 Å². The Morgan fingerprint density at radius 3 is 2.93 bits per heavy atom. The van der Waals surface area contributed by atoms with Gasteiger partial charge in [0.25, 0.3) is 0 Å². The van der Waals surface area contributed by atoms with Crippen molar-refractivity contribution in [1.82, 2.24) is 19.9 Å². The lowest BCUT2D eigenvalue weighted by molar-refractivity contribution is 0.222. The van der Waals surface area contributed by atoms with Crippen LogP contribution in [0, 0.1) is 0 Å². The average molecular weight is 427 g/mol. The zero-order chi connectivity index (χ0) is 20.0. The number of fused-ring (bicyclic) bond motifs is 3. The third-order valence-electron chi connectivity index (χ3n) is 5.25. The number of nitrogens with zero attached hydrogens (tertiary/aromatic N) is 4. The van der Waals surface area contributed by atoms with Crippen molar-refractivity contribution in [1.29, 1.82) is 0 Å². The molecule has 3 heterocycles. The maximum absolute atomic E-state index is 12.5. The Labute approximate surface area is 177 Å². The maximum atomic E-state index is 12.5. The molecule has 1 aliphatic heterocycles. The molecule has 1 aromatic carbocycles. The van der Waals surface area contributed by atoms with Gasteiger partial charge in [0, 0.05) is 30.9 Å². The van der Waals surface area contributed by atoms with Gasteiger partial charge in [-0.25, -0.2) is 19.7 Å². The van der Waals surface area contributed by atoms with E-state index in [0.29, 0.717) is 29.1 Å². The SMILES string of the molecule is N[C@H]1CCN(C(=O)Nc2nc3c(s2)-c2nc(-c4ccccc4Cl)ncc2CC3)C1. The van der Waals surface area contributed by atoms with Gasteiger partial charge in [0.05, 0.1) is 21.3 Å².